The van der Waals surface area contributed by atoms with Crippen LogP contribution in [0.5, 0.6) is 17.2 Å². The third-order valence-electron chi connectivity index (χ3n) is 5.20. The van der Waals surface area contributed by atoms with Crippen molar-refractivity contribution in [1.29, 1.82) is 0 Å². The number of carbonyl (C=O) groups is 2. The molecule has 1 aliphatic rings. The first-order chi connectivity index (χ1) is 14.9. The van der Waals surface area contributed by atoms with Crippen molar-refractivity contribution in [2.24, 2.45) is 7.05 Å². The molecule has 2 heterocycles. The maximum atomic E-state index is 12.9. The number of esters is 1. The fraction of sp³-hybridized carbons (Fsp3) is 0.250. The van der Waals surface area contributed by atoms with Gasteiger partial charge in [-0.25, -0.2) is 4.79 Å². The van der Waals surface area contributed by atoms with Crippen molar-refractivity contribution in [2.75, 3.05) is 20.3 Å². The molecule has 0 bridgehead atoms. The van der Waals surface area contributed by atoms with Gasteiger partial charge < -0.3 is 23.5 Å². The number of rotatable bonds is 6. The molecule has 160 valence electrons. The monoisotopic (exact) mass is 421 g/mol. The topological polar surface area (TPSA) is 76.0 Å². The first kappa shape index (κ1) is 20.5. The second-order valence-corrected chi connectivity index (χ2v) is 7.18. The van der Waals surface area contributed by atoms with Gasteiger partial charge in [0.25, 0.3) is 0 Å². The van der Waals surface area contributed by atoms with Crippen LogP contribution in [0.4, 0.5) is 0 Å². The summed E-state index contributed by atoms with van der Waals surface area (Å²) in [5.74, 6) is 1.22. The Morgan fingerprint density at radius 3 is 2.77 bits per heavy atom. The molecule has 31 heavy (non-hydrogen) atoms. The number of carbonyl (C=O) groups excluding carboxylic acids is 2. The summed E-state index contributed by atoms with van der Waals surface area (Å²) in [5, 5.41) is 0.955. The molecule has 1 aliphatic heterocycles. The quantitative estimate of drug-likeness (QED) is 0.441. The lowest BCUT2D eigenvalue weighted by Gasteiger charge is -2.10. The normalized spacial score (nSPS) is 13.9. The van der Waals surface area contributed by atoms with Crippen LogP contribution in [-0.2, 0) is 16.6 Å². The zero-order valence-electron chi connectivity index (χ0n) is 17.9. The summed E-state index contributed by atoms with van der Waals surface area (Å²) in [5.41, 5.74) is 2.98. The summed E-state index contributed by atoms with van der Waals surface area (Å²) in [4.78, 5) is 24.5. The number of hydrogen-bond donors (Lipinski definition) is 0. The van der Waals surface area contributed by atoms with Crippen LogP contribution < -0.4 is 14.2 Å². The molecule has 7 nitrogen and oxygen atoms in total. The van der Waals surface area contributed by atoms with Gasteiger partial charge in [-0.2, -0.15) is 0 Å². The lowest BCUT2D eigenvalue weighted by molar-refractivity contribution is -0.145. The molecule has 0 fully saturated rings. The van der Waals surface area contributed by atoms with Gasteiger partial charge in [0.15, 0.2) is 12.4 Å². The van der Waals surface area contributed by atoms with E-state index in [1.165, 1.54) is 0 Å². The van der Waals surface area contributed by atoms with E-state index in [2.05, 4.69) is 0 Å². The predicted molar refractivity (Wildman–Crippen MR) is 116 cm³/mol. The van der Waals surface area contributed by atoms with Gasteiger partial charge in [-0.3, -0.25) is 4.79 Å². The smallest absolute Gasteiger partial charge is 0.344 e. The number of allylic oxidation sites excluding steroid dienone is 1. The van der Waals surface area contributed by atoms with Crippen LogP contribution in [-0.4, -0.2) is 36.6 Å². The highest BCUT2D eigenvalue weighted by molar-refractivity contribution is 6.15. The van der Waals surface area contributed by atoms with Gasteiger partial charge in [0.1, 0.15) is 17.2 Å². The van der Waals surface area contributed by atoms with Gasteiger partial charge in [0.05, 0.1) is 19.3 Å². The third kappa shape index (κ3) is 3.74. The number of ether oxygens (including phenoxy) is 4. The minimum absolute atomic E-state index is 0.199. The van der Waals surface area contributed by atoms with Gasteiger partial charge in [-0.15, -0.1) is 0 Å². The lowest BCUT2D eigenvalue weighted by Crippen LogP contribution is -2.15. The van der Waals surface area contributed by atoms with E-state index in [4.69, 9.17) is 18.9 Å². The van der Waals surface area contributed by atoms with Crippen molar-refractivity contribution in [1.82, 2.24) is 4.57 Å². The first-order valence-electron chi connectivity index (χ1n) is 9.92. The van der Waals surface area contributed by atoms with Crippen LogP contribution >= 0.6 is 0 Å². The van der Waals surface area contributed by atoms with Gasteiger partial charge in [-0.05, 0) is 50.3 Å². The first-order valence-corrected chi connectivity index (χ1v) is 9.92. The lowest BCUT2D eigenvalue weighted by atomic mass is 10.1. The predicted octanol–water partition coefficient (Wildman–Crippen LogP) is 4.05. The maximum Gasteiger partial charge on any atom is 0.344 e. The Morgan fingerprint density at radius 2 is 2.03 bits per heavy atom. The molecule has 1 aromatic heterocycles. The molecule has 0 saturated heterocycles. The number of methoxy groups -OCH3 is 1. The number of fused-ring (bicyclic) bond motifs is 2. The highest BCUT2D eigenvalue weighted by Crippen LogP contribution is 2.40. The van der Waals surface area contributed by atoms with Gasteiger partial charge in [0.2, 0.25) is 5.78 Å². The number of ketones is 1. The Hall–Kier alpha value is -3.74. The van der Waals surface area contributed by atoms with Crippen molar-refractivity contribution in [3.05, 3.63) is 59.0 Å². The number of aromatic nitrogens is 1. The Morgan fingerprint density at radius 1 is 1.23 bits per heavy atom. The Labute approximate surface area is 179 Å². The molecular weight excluding hydrogens is 398 g/mol. The van der Waals surface area contributed by atoms with Crippen LogP contribution in [0, 0.1) is 6.92 Å². The fourth-order valence-corrected chi connectivity index (χ4v) is 3.65. The fourth-order valence-electron chi connectivity index (χ4n) is 3.65. The molecule has 0 saturated carbocycles. The maximum absolute atomic E-state index is 12.9. The Bertz CT molecular complexity index is 1220. The second-order valence-electron chi connectivity index (χ2n) is 7.18. The summed E-state index contributed by atoms with van der Waals surface area (Å²) in [6.07, 6.45) is 3.68. The van der Waals surface area contributed by atoms with E-state index in [1.54, 1.807) is 39.2 Å². The van der Waals surface area contributed by atoms with Crippen LogP contribution in [0.2, 0.25) is 0 Å². The molecule has 0 N–H and O–H groups in total. The van der Waals surface area contributed by atoms with Crippen molar-refractivity contribution in [2.45, 2.75) is 13.8 Å². The average Bonchev–Trinajstić information content (AvgIpc) is 3.25. The third-order valence-corrected chi connectivity index (χ3v) is 5.20. The zero-order valence-corrected chi connectivity index (χ0v) is 17.9. The molecule has 7 heteroatoms. The average molecular weight is 421 g/mol. The van der Waals surface area contributed by atoms with Crippen molar-refractivity contribution in [3.63, 3.8) is 0 Å². The van der Waals surface area contributed by atoms with Crippen LogP contribution in [0.3, 0.4) is 0 Å². The van der Waals surface area contributed by atoms with E-state index in [1.807, 2.05) is 36.0 Å². The Kier molecular flexibility index (Phi) is 5.42. The molecule has 0 atom stereocenters. The number of nitrogens with zero attached hydrogens (tertiary/aromatic N) is 1. The van der Waals surface area contributed by atoms with Crippen molar-refractivity contribution >= 4 is 28.7 Å². The van der Waals surface area contributed by atoms with Crippen molar-refractivity contribution < 1.29 is 28.5 Å². The zero-order chi connectivity index (χ0) is 22.1. The second kappa shape index (κ2) is 8.18. The summed E-state index contributed by atoms with van der Waals surface area (Å²) in [6.45, 7) is 3.61. The summed E-state index contributed by atoms with van der Waals surface area (Å²) in [6, 6.07) is 9.12. The van der Waals surface area contributed by atoms with E-state index < -0.39 is 5.97 Å². The molecule has 0 unspecified atom stereocenters. The van der Waals surface area contributed by atoms with Crippen molar-refractivity contribution in [3.8, 4) is 17.2 Å². The van der Waals surface area contributed by atoms with Crippen LogP contribution in [0.25, 0.3) is 17.0 Å². The summed E-state index contributed by atoms with van der Waals surface area (Å²) >= 11 is 0. The molecule has 0 aliphatic carbocycles. The van der Waals surface area contributed by atoms with Gasteiger partial charge >= 0.3 is 5.97 Å². The standard InChI is InChI=1S/C24H23NO6/c1-5-29-22(26)13-30-20-9-7-17-23(27)21(31-24(17)14(20)2)10-15-12-25(3)19-8-6-16(28-4)11-18(15)19/h6-12H,5,13H2,1-4H3/b21-10-. The van der Waals surface area contributed by atoms with E-state index in [9.17, 15) is 9.59 Å². The largest absolute Gasteiger partial charge is 0.497 e. The number of aryl methyl sites for hydroxylation is 1. The van der Waals surface area contributed by atoms with E-state index in [-0.39, 0.29) is 24.8 Å². The minimum Gasteiger partial charge on any atom is -0.497 e. The number of benzene rings is 2. The molecule has 4 rings (SSSR count). The van der Waals surface area contributed by atoms with E-state index in [0.29, 0.717) is 22.6 Å². The van der Waals surface area contributed by atoms with Crippen LogP contribution in [0.1, 0.15) is 28.4 Å². The van der Waals surface area contributed by atoms with E-state index in [0.717, 1.165) is 22.2 Å². The molecule has 0 spiro atoms. The minimum atomic E-state index is -0.452. The molecule has 0 amide bonds. The number of hydrogen-bond acceptors (Lipinski definition) is 6. The summed E-state index contributed by atoms with van der Waals surface area (Å²) in [7, 11) is 3.56. The molecule has 3 aromatic rings. The summed E-state index contributed by atoms with van der Waals surface area (Å²) < 4.78 is 23.7. The van der Waals surface area contributed by atoms with Gasteiger partial charge in [-0.1, -0.05) is 0 Å². The Balaban J connectivity index is 1.65. The molecule has 2 aromatic carbocycles. The SMILES string of the molecule is CCOC(=O)COc1ccc2c(c1C)O/C(=C\c1cn(C)c3ccc(OC)cc13)C2=O. The number of Topliss-reactive ketones (excluding diaryl/α,β-unsaturated/α-hetero) is 1. The molecule has 0 radical (unpaired) electrons. The highest BCUT2D eigenvalue weighted by Gasteiger charge is 2.30. The highest BCUT2D eigenvalue weighted by atomic mass is 16.6. The van der Waals surface area contributed by atoms with Gasteiger partial charge in [0, 0.05) is 35.3 Å². The molecular formula is C24H23NO6. The van der Waals surface area contributed by atoms with Crippen LogP contribution in [0.15, 0.2) is 42.3 Å². The van der Waals surface area contributed by atoms with E-state index >= 15 is 0 Å².